The van der Waals surface area contributed by atoms with Gasteiger partial charge in [-0.25, -0.2) is 0 Å². The van der Waals surface area contributed by atoms with Crippen LogP contribution in [-0.2, 0) is 0 Å². The summed E-state index contributed by atoms with van der Waals surface area (Å²) < 4.78 is 1.90. The number of nitrogens with one attached hydrogen (secondary N) is 1. The molecule has 3 heterocycles. The third-order valence-electron chi connectivity index (χ3n) is 5.44. The lowest BCUT2D eigenvalue weighted by Crippen LogP contribution is -2.18. The van der Waals surface area contributed by atoms with Gasteiger partial charge in [-0.15, -0.1) is 15.3 Å². The minimum atomic E-state index is 0.184. The van der Waals surface area contributed by atoms with Crippen LogP contribution >= 0.6 is 0 Å². The monoisotopic (exact) mass is 348 g/mol. The Hall–Kier alpha value is -2.63. The number of hydrogen-bond donors (Lipinski definition) is 1. The maximum absolute atomic E-state index is 4.73. The average molecular weight is 348 g/mol. The molecule has 0 unspecified atom stereocenters. The summed E-state index contributed by atoms with van der Waals surface area (Å²) in [7, 11) is 0. The first-order valence-corrected chi connectivity index (χ1v) is 9.62. The van der Waals surface area contributed by atoms with Crippen molar-refractivity contribution in [3.05, 3.63) is 47.8 Å². The van der Waals surface area contributed by atoms with Gasteiger partial charge in [0, 0.05) is 24.7 Å². The van der Waals surface area contributed by atoms with E-state index >= 15 is 0 Å². The molecule has 1 aliphatic carbocycles. The maximum Gasteiger partial charge on any atom is 0.178 e. The van der Waals surface area contributed by atoms with E-state index in [2.05, 4.69) is 51.6 Å². The summed E-state index contributed by atoms with van der Waals surface area (Å²) >= 11 is 0. The van der Waals surface area contributed by atoms with Crippen LogP contribution in [0.25, 0.3) is 5.65 Å². The van der Waals surface area contributed by atoms with Crippen LogP contribution in [0.1, 0.15) is 56.0 Å². The molecule has 1 saturated heterocycles. The van der Waals surface area contributed by atoms with Crippen LogP contribution in [0.4, 0.5) is 11.5 Å². The lowest BCUT2D eigenvalue weighted by atomic mass is 10.1. The Balaban J connectivity index is 1.38. The molecule has 26 heavy (non-hydrogen) atoms. The smallest absolute Gasteiger partial charge is 0.178 e. The minimum Gasteiger partial charge on any atom is -0.372 e. The highest BCUT2D eigenvalue weighted by atomic mass is 15.4. The predicted octanol–water partition coefficient (Wildman–Crippen LogP) is 3.78. The van der Waals surface area contributed by atoms with Crippen molar-refractivity contribution in [2.75, 3.05) is 23.3 Å². The van der Waals surface area contributed by atoms with Crippen molar-refractivity contribution >= 4 is 17.2 Å². The molecule has 0 radical (unpaired) electrons. The topological polar surface area (TPSA) is 58.4 Å². The van der Waals surface area contributed by atoms with E-state index in [0.29, 0.717) is 5.92 Å². The molecular formula is C20H24N6. The molecular weight excluding hydrogens is 324 g/mol. The molecule has 134 valence electrons. The van der Waals surface area contributed by atoms with Gasteiger partial charge in [0.1, 0.15) is 5.82 Å². The Labute approximate surface area is 153 Å². The van der Waals surface area contributed by atoms with Gasteiger partial charge in [0.15, 0.2) is 11.5 Å². The molecule has 2 aromatic heterocycles. The number of benzene rings is 1. The molecule has 1 N–H and O–H groups in total. The van der Waals surface area contributed by atoms with Crippen LogP contribution in [0.3, 0.4) is 0 Å². The van der Waals surface area contributed by atoms with Gasteiger partial charge in [-0.2, -0.15) is 4.52 Å². The Morgan fingerprint density at radius 3 is 2.73 bits per heavy atom. The quantitative estimate of drug-likeness (QED) is 0.760. The van der Waals surface area contributed by atoms with Crippen molar-refractivity contribution in [3.8, 4) is 0 Å². The van der Waals surface area contributed by atoms with Crippen molar-refractivity contribution in [2.24, 2.45) is 0 Å². The molecule has 2 aliphatic rings. The summed E-state index contributed by atoms with van der Waals surface area (Å²) in [6, 6.07) is 13.0. The molecule has 1 saturated carbocycles. The van der Waals surface area contributed by atoms with E-state index in [1.165, 1.54) is 50.0 Å². The number of rotatable bonds is 5. The zero-order valence-electron chi connectivity index (χ0n) is 15.1. The minimum absolute atomic E-state index is 0.184. The van der Waals surface area contributed by atoms with Crippen molar-refractivity contribution in [3.63, 3.8) is 0 Å². The van der Waals surface area contributed by atoms with Crippen LogP contribution in [0, 0.1) is 0 Å². The molecule has 0 bridgehead atoms. The van der Waals surface area contributed by atoms with Gasteiger partial charge in [-0.3, -0.25) is 0 Å². The summed E-state index contributed by atoms with van der Waals surface area (Å²) in [6.07, 6.45) is 4.98. The van der Waals surface area contributed by atoms with Gasteiger partial charge in [-0.1, -0.05) is 12.1 Å². The first-order valence-electron chi connectivity index (χ1n) is 9.62. The summed E-state index contributed by atoms with van der Waals surface area (Å²) in [5.74, 6) is 2.38. The third-order valence-corrected chi connectivity index (χ3v) is 5.44. The van der Waals surface area contributed by atoms with Crippen LogP contribution in [-0.4, -0.2) is 32.9 Å². The second-order valence-electron chi connectivity index (χ2n) is 7.48. The van der Waals surface area contributed by atoms with Gasteiger partial charge in [0.25, 0.3) is 0 Å². The SMILES string of the molecule is C[C@H](Nc1ccc2nnc(C3CC3)n2n1)c1cccc(N2CCCC2)c1. The van der Waals surface area contributed by atoms with Crippen molar-refractivity contribution < 1.29 is 0 Å². The highest BCUT2D eigenvalue weighted by Crippen LogP contribution is 2.38. The largest absolute Gasteiger partial charge is 0.372 e. The van der Waals surface area contributed by atoms with Crippen molar-refractivity contribution in [1.29, 1.82) is 0 Å². The number of aromatic nitrogens is 4. The molecule has 0 spiro atoms. The Kier molecular flexibility index (Phi) is 3.76. The number of fused-ring (bicyclic) bond motifs is 1. The fourth-order valence-electron chi connectivity index (χ4n) is 3.75. The molecule has 2 fully saturated rings. The highest BCUT2D eigenvalue weighted by molar-refractivity contribution is 5.51. The Morgan fingerprint density at radius 1 is 1.08 bits per heavy atom. The molecule has 3 aromatic rings. The van der Waals surface area contributed by atoms with Crippen LogP contribution < -0.4 is 10.2 Å². The highest BCUT2D eigenvalue weighted by Gasteiger charge is 2.29. The molecule has 6 heteroatoms. The zero-order chi connectivity index (χ0) is 17.5. The van der Waals surface area contributed by atoms with Gasteiger partial charge in [0.05, 0.1) is 6.04 Å². The number of nitrogens with zero attached hydrogens (tertiary/aromatic N) is 5. The molecule has 1 atom stereocenters. The normalized spacial score (nSPS) is 18.4. The molecule has 1 aliphatic heterocycles. The van der Waals surface area contributed by atoms with E-state index < -0.39 is 0 Å². The predicted molar refractivity (Wildman–Crippen MR) is 103 cm³/mol. The summed E-state index contributed by atoms with van der Waals surface area (Å²) in [5, 5.41) is 16.8. The third kappa shape index (κ3) is 2.89. The van der Waals surface area contributed by atoms with Gasteiger partial charge in [0.2, 0.25) is 0 Å². The fourth-order valence-corrected chi connectivity index (χ4v) is 3.75. The van der Waals surface area contributed by atoms with E-state index in [1.54, 1.807) is 0 Å². The van der Waals surface area contributed by atoms with Crippen LogP contribution in [0.15, 0.2) is 36.4 Å². The second-order valence-corrected chi connectivity index (χ2v) is 7.48. The maximum atomic E-state index is 4.73. The summed E-state index contributed by atoms with van der Waals surface area (Å²) in [5.41, 5.74) is 3.43. The lowest BCUT2D eigenvalue weighted by Gasteiger charge is -2.21. The standard InChI is InChI=1S/C20H24N6/c1-14(16-5-4-6-17(13-16)25-11-2-3-12-25)21-18-9-10-19-22-23-20(15-7-8-15)26(19)24-18/h4-6,9-10,13-15H,2-3,7-8,11-12H2,1H3,(H,21,24)/t14-/m0/s1. The van der Waals surface area contributed by atoms with E-state index in [0.717, 1.165) is 17.3 Å². The Morgan fingerprint density at radius 2 is 1.92 bits per heavy atom. The average Bonchev–Trinajstić information content (AvgIpc) is 3.20. The molecule has 5 rings (SSSR count). The first kappa shape index (κ1) is 15.6. The van der Waals surface area contributed by atoms with E-state index in [9.17, 15) is 0 Å². The summed E-state index contributed by atoms with van der Waals surface area (Å²) in [6.45, 7) is 4.52. The van der Waals surface area contributed by atoms with Crippen molar-refractivity contribution in [1.82, 2.24) is 19.8 Å². The molecule has 6 nitrogen and oxygen atoms in total. The lowest BCUT2D eigenvalue weighted by molar-refractivity contribution is 0.797. The van der Waals surface area contributed by atoms with Gasteiger partial charge >= 0.3 is 0 Å². The van der Waals surface area contributed by atoms with Gasteiger partial charge < -0.3 is 10.2 Å². The molecule has 1 aromatic carbocycles. The van der Waals surface area contributed by atoms with E-state index in [-0.39, 0.29) is 6.04 Å². The van der Waals surface area contributed by atoms with E-state index in [4.69, 9.17) is 5.10 Å². The van der Waals surface area contributed by atoms with Crippen LogP contribution in [0.5, 0.6) is 0 Å². The number of anilines is 2. The van der Waals surface area contributed by atoms with E-state index in [1.807, 2.05) is 16.6 Å². The zero-order valence-corrected chi connectivity index (χ0v) is 15.1. The molecule has 0 amide bonds. The Bertz CT molecular complexity index is 923. The van der Waals surface area contributed by atoms with Crippen molar-refractivity contribution in [2.45, 2.75) is 44.6 Å². The number of hydrogen-bond acceptors (Lipinski definition) is 5. The van der Waals surface area contributed by atoms with Crippen LogP contribution in [0.2, 0.25) is 0 Å². The summed E-state index contributed by atoms with van der Waals surface area (Å²) in [4.78, 5) is 2.47. The van der Waals surface area contributed by atoms with Gasteiger partial charge in [-0.05, 0) is 62.4 Å². The second kappa shape index (κ2) is 6.27. The fraction of sp³-hybridized carbons (Fsp3) is 0.450. The first-order chi connectivity index (χ1) is 12.8.